The number of hydrogen-bond acceptors (Lipinski definition) is 5. The number of likely N-dealkylation sites (tertiary alicyclic amines) is 1. The minimum absolute atomic E-state index is 0.191. The summed E-state index contributed by atoms with van der Waals surface area (Å²) in [6.45, 7) is 11.8. The standard InChI is InChI=1S/C32H37F2N3O5/c1-31(2,3)35-29(39)27-23(20-12-14-22(15-13-20)41-28-24(33)10-7-11-25(28)34)18-37(26(27)19-38)21-9-8-16-36(17-21)30(40)42-32(4,5)6/h7,10-15,18-19,21H,8-9,16-17H2,1-6H3,(H,35,39)/t21-/m1/s1. The van der Waals surface area contributed by atoms with Crippen LogP contribution in [0.25, 0.3) is 11.1 Å². The van der Waals surface area contributed by atoms with Crippen molar-refractivity contribution in [1.82, 2.24) is 14.8 Å². The largest absolute Gasteiger partial charge is 0.451 e. The first kappa shape index (κ1) is 30.7. The SMILES string of the molecule is CC(C)(C)NC(=O)c1c(-c2ccc(Oc3c(F)cccc3F)cc2)cn([C@@H]2CCCN(C(=O)OC(C)(C)C)C2)c1C=O. The van der Waals surface area contributed by atoms with Crippen LogP contribution >= 0.6 is 0 Å². The number of rotatable bonds is 6. The molecular formula is C32H37F2N3O5. The van der Waals surface area contributed by atoms with E-state index in [0.717, 1.165) is 12.1 Å². The van der Waals surface area contributed by atoms with Crippen LogP contribution < -0.4 is 10.1 Å². The maximum Gasteiger partial charge on any atom is 0.410 e. The van der Waals surface area contributed by atoms with E-state index < -0.39 is 40.5 Å². The molecule has 1 atom stereocenters. The molecule has 2 heterocycles. The Labute approximate surface area is 244 Å². The summed E-state index contributed by atoms with van der Waals surface area (Å²) in [7, 11) is 0. The zero-order valence-electron chi connectivity index (χ0n) is 24.8. The lowest BCUT2D eigenvalue weighted by Gasteiger charge is -2.35. The highest BCUT2D eigenvalue weighted by Crippen LogP contribution is 2.35. The van der Waals surface area contributed by atoms with E-state index in [1.807, 2.05) is 20.8 Å². The first-order chi connectivity index (χ1) is 19.7. The molecule has 42 heavy (non-hydrogen) atoms. The smallest absolute Gasteiger partial charge is 0.410 e. The molecule has 1 saturated heterocycles. The molecule has 0 aliphatic carbocycles. The minimum Gasteiger partial charge on any atom is -0.451 e. The number of aromatic nitrogens is 1. The van der Waals surface area contributed by atoms with Gasteiger partial charge in [-0.05, 0) is 84.2 Å². The highest BCUT2D eigenvalue weighted by Gasteiger charge is 2.32. The van der Waals surface area contributed by atoms with Crippen LogP contribution in [0.5, 0.6) is 11.5 Å². The monoisotopic (exact) mass is 581 g/mol. The van der Waals surface area contributed by atoms with E-state index in [4.69, 9.17) is 9.47 Å². The van der Waals surface area contributed by atoms with Gasteiger partial charge in [-0.25, -0.2) is 13.6 Å². The summed E-state index contributed by atoms with van der Waals surface area (Å²) in [4.78, 5) is 40.5. The van der Waals surface area contributed by atoms with Gasteiger partial charge in [-0.1, -0.05) is 18.2 Å². The van der Waals surface area contributed by atoms with Gasteiger partial charge in [0.05, 0.1) is 17.3 Å². The Kier molecular flexibility index (Phi) is 8.75. The predicted molar refractivity (Wildman–Crippen MR) is 155 cm³/mol. The van der Waals surface area contributed by atoms with Gasteiger partial charge in [-0.2, -0.15) is 0 Å². The minimum atomic E-state index is -0.833. The van der Waals surface area contributed by atoms with E-state index in [2.05, 4.69) is 5.32 Å². The van der Waals surface area contributed by atoms with Gasteiger partial charge < -0.3 is 24.3 Å². The van der Waals surface area contributed by atoms with Crippen LogP contribution in [-0.4, -0.2) is 52.0 Å². The van der Waals surface area contributed by atoms with E-state index in [-0.39, 0.29) is 23.0 Å². The fourth-order valence-corrected chi connectivity index (χ4v) is 4.90. The lowest BCUT2D eigenvalue weighted by molar-refractivity contribution is 0.0172. The van der Waals surface area contributed by atoms with Gasteiger partial charge in [0, 0.05) is 30.4 Å². The number of piperidine rings is 1. The summed E-state index contributed by atoms with van der Waals surface area (Å²) < 4.78 is 41.0. The topological polar surface area (TPSA) is 89.9 Å². The van der Waals surface area contributed by atoms with Crippen molar-refractivity contribution < 1.29 is 32.6 Å². The number of hydrogen-bond donors (Lipinski definition) is 1. The first-order valence-corrected chi connectivity index (χ1v) is 13.9. The Bertz CT molecular complexity index is 1450. The molecule has 3 aromatic rings. The molecule has 0 saturated carbocycles. The molecule has 1 aliphatic heterocycles. The second-order valence-corrected chi connectivity index (χ2v) is 12.4. The van der Waals surface area contributed by atoms with Crippen molar-refractivity contribution in [2.45, 2.75) is 71.6 Å². The van der Waals surface area contributed by atoms with Gasteiger partial charge in [0.1, 0.15) is 11.4 Å². The molecule has 8 nitrogen and oxygen atoms in total. The number of carbonyl (C=O) groups excluding carboxylic acids is 3. The van der Waals surface area contributed by atoms with Gasteiger partial charge in [0.25, 0.3) is 5.91 Å². The molecule has 224 valence electrons. The number of benzene rings is 2. The van der Waals surface area contributed by atoms with Crippen LogP contribution in [0.2, 0.25) is 0 Å². The number of amides is 2. The number of ether oxygens (including phenoxy) is 2. The number of halogens is 2. The van der Waals surface area contributed by atoms with Crippen molar-refractivity contribution in [1.29, 1.82) is 0 Å². The van der Waals surface area contributed by atoms with Crippen LogP contribution in [0.3, 0.4) is 0 Å². The molecule has 1 aliphatic rings. The van der Waals surface area contributed by atoms with Crippen LogP contribution in [0.15, 0.2) is 48.7 Å². The molecule has 2 aromatic carbocycles. The zero-order valence-corrected chi connectivity index (χ0v) is 24.8. The van der Waals surface area contributed by atoms with Crippen molar-refractivity contribution in [3.63, 3.8) is 0 Å². The summed E-state index contributed by atoms with van der Waals surface area (Å²) in [5.41, 5.74) is 0.259. The van der Waals surface area contributed by atoms with Gasteiger partial charge in [0.2, 0.25) is 0 Å². The molecular weight excluding hydrogens is 544 g/mol. The lowest BCUT2D eigenvalue weighted by atomic mass is 10.0. The number of aldehydes is 1. The average Bonchev–Trinajstić information content (AvgIpc) is 3.29. The fourth-order valence-electron chi connectivity index (χ4n) is 4.90. The second-order valence-electron chi connectivity index (χ2n) is 12.4. The normalized spacial score (nSPS) is 15.7. The van der Waals surface area contributed by atoms with Crippen molar-refractivity contribution >= 4 is 18.3 Å². The number of carbonyl (C=O) groups is 3. The quantitative estimate of drug-likeness (QED) is 0.313. The predicted octanol–water partition coefficient (Wildman–Crippen LogP) is 7.14. The molecule has 2 amide bonds. The molecule has 1 N–H and O–H groups in total. The molecule has 10 heteroatoms. The molecule has 0 spiro atoms. The van der Waals surface area contributed by atoms with Crippen molar-refractivity contribution in [3.8, 4) is 22.6 Å². The Balaban J connectivity index is 1.72. The van der Waals surface area contributed by atoms with Crippen LogP contribution in [0.4, 0.5) is 13.6 Å². The zero-order chi connectivity index (χ0) is 30.8. The molecule has 0 radical (unpaired) electrons. The van der Waals surface area contributed by atoms with E-state index in [0.29, 0.717) is 43.3 Å². The Hall–Kier alpha value is -4.21. The third-order valence-electron chi connectivity index (χ3n) is 6.64. The van der Waals surface area contributed by atoms with Crippen molar-refractivity contribution in [2.24, 2.45) is 0 Å². The first-order valence-electron chi connectivity index (χ1n) is 13.9. The Morgan fingerprint density at radius 3 is 2.21 bits per heavy atom. The van der Waals surface area contributed by atoms with Crippen molar-refractivity contribution in [3.05, 3.63) is 71.6 Å². The summed E-state index contributed by atoms with van der Waals surface area (Å²) in [5, 5.41) is 2.94. The van der Waals surface area contributed by atoms with Gasteiger partial charge in [0.15, 0.2) is 23.7 Å². The number of para-hydroxylation sites is 1. The molecule has 1 fully saturated rings. The van der Waals surface area contributed by atoms with Gasteiger partial charge >= 0.3 is 6.09 Å². The van der Waals surface area contributed by atoms with E-state index >= 15 is 0 Å². The Morgan fingerprint density at radius 2 is 1.64 bits per heavy atom. The van der Waals surface area contributed by atoms with E-state index in [1.165, 1.54) is 18.2 Å². The van der Waals surface area contributed by atoms with Crippen molar-refractivity contribution in [2.75, 3.05) is 13.1 Å². The molecule has 4 rings (SSSR count). The van der Waals surface area contributed by atoms with Gasteiger partial charge in [-0.15, -0.1) is 0 Å². The van der Waals surface area contributed by atoms with Crippen LogP contribution in [0, 0.1) is 11.6 Å². The molecule has 0 unspecified atom stereocenters. The summed E-state index contributed by atoms with van der Waals surface area (Å²) in [6.07, 6.45) is 3.36. The van der Waals surface area contributed by atoms with Crippen LogP contribution in [-0.2, 0) is 4.74 Å². The fraction of sp³-hybridized carbons (Fsp3) is 0.406. The summed E-state index contributed by atoms with van der Waals surface area (Å²) in [6, 6.07) is 9.57. The third-order valence-corrected chi connectivity index (χ3v) is 6.64. The summed E-state index contributed by atoms with van der Waals surface area (Å²) >= 11 is 0. The second kappa shape index (κ2) is 12.0. The maximum absolute atomic E-state index is 14.1. The third kappa shape index (κ3) is 7.16. The lowest BCUT2D eigenvalue weighted by Crippen LogP contribution is -2.43. The molecule has 1 aromatic heterocycles. The highest BCUT2D eigenvalue weighted by atomic mass is 19.1. The molecule has 0 bridgehead atoms. The van der Waals surface area contributed by atoms with Gasteiger partial charge in [-0.3, -0.25) is 9.59 Å². The average molecular weight is 582 g/mol. The maximum atomic E-state index is 14.1. The Morgan fingerprint density at radius 1 is 1.00 bits per heavy atom. The van der Waals surface area contributed by atoms with Crippen LogP contribution in [0.1, 0.15) is 81.3 Å². The number of nitrogens with zero attached hydrogens (tertiary/aromatic N) is 2. The summed E-state index contributed by atoms with van der Waals surface area (Å²) in [5.74, 6) is -2.41. The highest BCUT2D eigenvalue weighted by molar-refractivity contribution is 6.07. The van der Waals surface area contributed by atoms with E-state index in [1.54, 1.807) is 48.6 Å². The van der Waals surface area contributed by atoms with E-state index in [9.17, 15) is 23.2 Å². The number of nitrogens with one attached hydrogen (secondary N) is 1.